The van der Waals surface area contributed by atoms with Gasteiger partial charge in [0.15, 0.2) is 0 Å². The van der Waals surface area contributed by atoms with E-state index in [0.717, 1.165) is 17.8 Å². The minimum Gasteiger partial charge on any atom is -0.380 e. The van der Waals surface area contributed by atoms with Crippen molar-refractivity contribution < 1.29 is 4.39 Å². The van der Waals surface area contributed by atoms with Crippen molar-refractivity contribution in [3.05, 3.63) is 52.5 Å². The molecule has 2 rings (SSSR count). The quantitative estimate of drug-likeness (QED) is 0.812. The van der Waals surface area contributed by atoms with Crippen LogP contribution in [0.2, 0.25) is 0 Å². The topological polar surface area (TPSA) is 12.0 Å². The Morgan fingerprint density at radius 3 is 2.57 bits per heavy atom. The van der Waals surface area contributed by atoms with Gasteiger partial charge in [-0.15, -0.1) is 0 Å². The molecule has 0 amide bonds. The van der Waals surface area contributed by atoms with E-state index in [4.69, 9.17) is 0 Å². The molecule has 1 nitrogen and oxygen atoms in total. The van der Waals surface area contributed by atoms with E-state index in [0.29, 0.717) is 0 Å². The van der Waals surface area contributed by atoms with Crippen LogP contribution >= 0.6 is 11.3 Å². The smallest absolute Gasteiger partial charge is 0.123 e. The van der Waals surface area contributed by atoms with Gasteiger partial charge in [-0.1, -0.05) is 12.1 Å². The molecule has 1 N–H and O–H groups in total. The van der Waals surface area contributed by atoms with Crippen LogP contribution in [0.5, 0.6) is 0 Å². The van der Waals surface area contributed by atoms with Crippen molar-refractivity contribution >= 4 is 17.0 Å². The van der Waals surface area contributed by atoms with E-state index in [1.165, 1.54) is 12.1 Å². The first-order valence-electron chi connectivity index (χ1n) is 4.35. The van der Waals surface area contributed by atoms with Crippen LogP contribution in [0.25, 0.3) is 0 Å². The molecule has 0 aliphatic rings. The van der Waals surface area contributed by atoms with Gasteiger partial charge >= 0.3 is 0 Å². The first-order chi connectivity index (χ1) is 6.84. The van der Waals surface area contributed by atoms with Crippen molar-refractivity contribution in [3.8, 4) is 0 Å². The largest absolute Gasteiger partial charge is 0.380 e. The summed E-state index contributed by atoms with van der Waals surface area (Å²) in [5.74, 6) is -0.190. The highest BCUT2D eigenvalue weighted by Gasteiger charge is 1.94. The Kier molecular flexibility index (Phi) is 2.79. The summed E-state index contributed by atoms with van der Waals surface area (Å²) in [5.41, 5.74) is 2.19. The van der Waals surface area contributed by atoms with Gasteiger partial charge in [-0.05, 0) is 29.1 Å². The highest BCUT2D eigenvalue weighted by Crippen LogP contribution is 2.13. The van der Waals surface area contributed by atoms with Crippen molar-refractivity contribution in [1.82, 2.24) is 0 Å². The van der Waals surface area contributed by atoms with Crippen molar-refractivity contribution in [2.24, 2.45) is 0 Å². The number of hydrogen-bond acceptors (Lipinski definition) is 2. The lowest BCUT2D eigenvalue weighted by molar-refractivity contribution is 0.627. The molecule has 1 aromatic carbocycles. The van der Waals surface area contributed by atoms with Crippen molar-refractivity contribution in [2.75, 3.05) is 5.32 Å². The molecule has 2 aromatic rings. The van der Waals surface area contributed by atoms with E-state index in [1.807, 2.05) is 16.8 Å². The SMILES string of the molecule is Fc1ccc(CNc2ccsc2)cc1. The Hall–Kier alpha value is -1.35. The predicted molar refractivity (Wildman–Crippen MR) is 58.0 cm³/mol. The minimum absolute atomic E-state index is 0.190. The number of thiophene rings is 1. The average Bonchev–Trinajstić information content (AvgIpc) is 2.70. The molecule has 3 heteroatoms. The molecule has 0 aliphatic heterocycles. The van der Waals surface area contributed by atoms with Gasteiger partial charge in [-0.2, -0.15) is 11.3 Å². The predicted octanol–water partition coefficient (Wildman–Crippen LogP) is 3.50. The maximum atomic E-state index is 12.6. The maximum absolute atomic E-state index is 12.6. The van der Waals surface area contributed by atoms with E-state index in [-0.39, 0.29) is 5.82 Å². The Balaban J connectivity index is 1.95. The summed E-state index contributed by atoms with van der Waals surface area (Å²) in [6.07, 6.45) is 0. The van der Waals surface area contributed by atoms with Crippen LogP contribution in [-0.2, 0) is 6.54 Å². The van der Waals surface area contributed by atoms with Gasteiger partial charge in [0, 0.05) is 17.6 Å². The summed E-state index contributed by atoms with van der Waals surface area (Å²) >= 11 is 1.65. The Labute approximate surface area is 86.2 Å². The molecule has 14 heavy (non-hydrogen) atoms. The molecule has 1 aromatic heterocycles. The summed E-state index contributed by atoms with van der Waals surface area (Å²) in [6, 6.07) is 8.55. The molecule has 0 unspecified atom stereocenters. The molecular formula is C11H10FNS. The molecule has 0 radical (unpaired) electrons. The van der Waals surface area contributed by atoms with Crippen molar-refractivity contribution in [3.63, 3.8) is 0 Å². The molecule has 1 heterocycles. The molecule has 0 aliphatic carbocycles. The third kappa shape index (κ3) is 2.33. The fraction of sp³-hybridized carbons (Fsp3) is 0.0909. The second kappa shape index (κ2) is 4.24. The molecule has 0 bridgehead atoms. The Morgan fingerprint density at radius 1 is 1.14 bits per heavy atom. The number of rotatable bonds is 3. The van der Waals surface area contributed by atoms with Crippen LogP contribution in [0.15, 0.2) is 41.1 Å². The molecule has 0 fully saturated rings. The lowest BCUT2D eigenvalue weighted by Gasteiger charge is -2.03. The van der Waals surface area contributed by atoms with Gasteiger partial charge in [0.2, 0.25) is 0 Å². The summed E-state index contributed by atoms with van der Waals surface area (Å²) in [7, 11) is 0. The van der Waals surface area contributed by atoms with Crippen LogP contribution in [0.4, 0.5) is 10.1 Å². The maximum Gasteiger partial charge on any atom is 0.123 e. The standard InChI is InChI=1S/C11H10FNS/c12-10-3-1-9(2-4-10)7-13-11-5-6-14-8-11/h1-6,8,13H,7H2. The van der Waals surface area contributed by atoms with Gasteiger partial charge in [0.1, 0.15) is 5.82 Å². The number of halogens is 1. The molecule has 72 valence electrons. The van der Waals surface area contributed by atoms with Crippen LogP contribution in [0.1, 0.15) is 5.56 Å². The number of benzene rings is 1. The van der Waals surface area contributed by atoms with Crippen molar-refractivity contribution in [1.29, 1.82) is 0 Å². The first-order valence-corrected chi connectivity index (χ1v) is 5.29. The zero-order valence-corrected chi connectivity index (χ0v) is 8.35. The Morgan fingerprint density at radius 2 is 1.93 bits per heavy atom. The summed E-state index contributed by atoms with van der Waals surface area (Å²) in [4.78, 5) is 0. The van der Waals surface area contributed by atoms with Gasteiger partial charge in [-0.25, -0.2) is 4.39 Å². The molecule has 0 saturated carbocycles. The van der Waals surface area contributed by atoms with E-state index < -0.39 is 0 Å². The Bertz CT molecular complexity index is 380. The normalized spacial score (nSPS) is 10.1. The fourth-order valence-corrected chi connectivity index (χ4v) is 1.78. The lowest BCUT2D eigenvalue weighted by Crippen LogP contribution is -1.97. The van der Waals surface area contributed by atoms with Gasteiger partial charge in [0.05, 0.1) is 0 Å². The zero-order chi connectivity index (χ0) is 9.80. The number of hydrogen-bond donors (Lipinski definition) is 1. The van der Waals surface area contributed by atoms with E-state index in [9.17, 15) is 4.39 Å². The van der Waals surface area contributed by atoms with Gasteiger partial charge in [-0.3, -0.25) is 0 Å². The molecular weight excluding hydrogens is 197 g/mol. The fourth-order valence-electron chi connectivity index (χ4n) is 1.17. The van der Waals surface area contributed by atoms with Gasteiger partial charge in [0.25, 0.3) is 0 Å². The van der Waals surface area contributed by atoms with E-state index >= 15 is 0 Å². The van der Waals surface area contributed by atoms with Crippen LogP contribution in [0.3, 0.4) is 0 Å². The van der Waals surface area contributed by atoms with Crippen molar-refractivity contribution in [2.45, 2.75) is 6.54 Å². The second-order valence-corrected chi connectivity index (χ2v) is 3.77. The minimum atomic E-state index is -0.190. The molecule has 0 atom stereocenters. The second-order valence-electron chi connectivity index (χ2n) is 2.99. The molecule has 0 spiro atoms. The number of nitrogens with one attached hydrogen (secondary N) is 1. The van der Waals surface area contributed by atoms with Crippen LogP contribution in [0, 0.1) is 5.82 Å². The lowest BCUT2D eigenvalue weighted by atomic mass is 10.2. The number of anilines is 1. The third-order valence-electron chi connectivity index (χ3n) is 1.93. The van der Waals surface area contributed by atoms with Gasteiger partial charge < -0.3 is 5.32 Å². The van der Waals surface area contributed by atoms with Crippen LogP contribution < -0.4 is 5.32 Å². The summed E-state index contributed by atoms with van der Waals surface area (Å²) < 4.78 is 12.6. The molecule has 0 saturated heterocycles. The van der Waals surface area contributed by atoms with Crippen LogP contribution in [-0.4, -0.2) is 0 Å². The monoisotopic (exact) mass is 207 g/mol. The highest BCUT2D eigenvalue weighted by molar-refractivity contribution is 7.08. The first kappa shape index (κ1) is 9.21. The van der Waals surface area contributed by atoms with E-state index in [2.05, 4.69) is 5.32 Å². The third-order valence-corrected chi connectivity index (χ3v) is 2.61. The average molecular weight is 207 g/mol. The highest BCUT2D eigenvalue weighted by atomic mass is 32.1. The summed E-state index contributed by atoms with van der Waals surface area (Å²) in [5, 5.41) is 7.31. The van der Waals surface area contributed by atoms with E-state index in [1.54, 1.807) is 23.5 Å². The zero-order valence-electron chi connectivity index (χ0n) is 7.53. The summed E-state index contributed by atoms with van der Waals surface area (Å²) in [6.45, 7) is 0.733.